The van der Waals surface area contributed by atoms with Crippen LogP contribution in [0.15, 0.2) is 12.4 Å². The molecule has 1 aromatic rings. The SMILES string of the molecule is CCN1CCN(C(=O)c2cnc(NCCN(C)C)nc2)CC1. The molecule has 0 saturated carbocycles. The second kappa shape index (κ2) is 8.05. The van der Waals surface area contributed by atoms with Gasteiger partial charge in [0.2, 0.25) is 5.95 Å². The first-order chi connectivity index (χ1) is 10.6. The molecule has 0 unspecified atom stereocenters. The summed E-state index contributed by atoms with van der Waals surface area (Å²) < 4.78 is 0. The molecule has 0 aromatic carbocycles. The Bertz CT molecular complexity index is 467. The van der Waals surface area contributed by atoms with Crippen LogP contribution in [-0.4, -0.2) is 90.5 Å². The van der Waals surface area contributed by atoms with Crippen LogP contribution in [0.4, 0.5) is 5.95 Å². The smallest absolute Gasteiger partial charge is 0.257 e. The van der Waals surface area contributed by atoms with Gasteiger partial charge in [0.1, 0.15) is 0 Å². The van der Waals surface area contributed by atoms with E-state index >= 15 is 0 Å². The number of carbonyl (C=O) groups is 1. The summed E-state index contributed by atoms with van der Waals surface area (Å²) in [6.07, 6.45) is 3.22. The lowest BCUT2D eigenvalue weighted by Gasteiger charge is -2.33. The molecule has 7 heteroatoms. The van der Waals surface area contributed by atoms with Gasteiger partial charge in [0.25, 0.3) is 5.91 Å². The summed E-state index contributed by atoms with van der Waals surface area (Å²) in [5.41, 5.74) is 0.558. The van der Waals surface area contributed by atoms with E-state index in [4.69, 9.17) is 0 Å². The number of likely N-dealkylation sites (N-methyl/N-ethyl adjacent to an activating group) is 2. The van der Waals surface area contributed by atoms with Crippen LogP contribution in [0, 0.1) is 0 Å². The lowest BCUT2D eigenvalue weighted by molar-refractivity contribution is 0.0642. The summed E-state index contributed by atoms with van der Waals surface area (Å²) in [4.78, 5) is 27.2. The average molecular weight is 306 g/mol. The number of nitrogens with one attached hydrogen (secondary N) is 1. The van der Waals surface area contributed by atoms with E-state index in [1.54, 1.807) is 12.4 Å². The van der Waals surface area contributed by atoms with Crippen LogP contribution in [0.5, 0.6) is 0 Å². The lowest BCUT2D eigenvalue weighted by Crippen LogP contribution is -2.48. The van der Waals surface area contributed by atoms with Gasteiger partial charge in [-0.2, -0.15) is 0 Å². The minimum atomic E-state index is 0.0237. The molecular weight excluding hydrogens is 280 g/mol. The Morgan fingerprint density at radius 3 is 2.41 bits per heavy atom. The first kappa shape index (κ1) is 16.6. The van der Waals surface area contributed by atoms with Crippen LogP contribution in [0.1, 0.15) is 17.3 Å². The molecule has 1 amide bonds. The maximum absolute atomic E-state index is 12.4. The summed E-state index contributed by atoms with van der Waals surface area (Å²) in [5, 5.41) is 3.14. The summed E-state index contributed by atoms with van der Waals surface area (Å²) in [6, 6.07) is 0. The third-order valence-electron chi connectivity index (χ3n) is 3.85. The van der Waals surface area contributed by atoms with E-state index in [2.05, 4.69) is 32.0 Å². The highest BCUT2D eigenvalue weighted by molar-refractivity contribution is 5.93. The number of anilines is 1. The normalized spacial score (nSPS) is 16.1. The molecule has 7 nitrogen and oxygen atoms in total. The van der Waals surface area contributed by atoms with Gasteiger partial charge >= 0.3 is 0 Å². The first-order valence-corrected chi connectivity index (χ1v) is 7.82. The third-order valence-corrected chi connectivity index (χ3v) is 3.85. The van der Waals surface area contributed by atoms with E-state index in [1.165, 1.54) is 0 Å². The second-order valence-electron chi connectivity index (χ2n) is 5.75. The van der Waals surface area contributed by atoms with Crippen molar-refractivity contribution in [3.05, 3.63) is 18.0 Å². The van der Waals surface area contributed by atoms with Crippen LogP contribution in [0.2, 0.25) is 0 Å². The first-order valence-electron chi connectivity index (χ1n) is 7.82. The standard InChI is InChI=1S/C15H26N6O/c1-4-20-7-9-21(10-8-20)14(22)13-11-17-15(18-12-13)16-5-6-19(2)3/h11-12H,4-10H2,1-3H3,(H,16,17,18). The van der Waals surface area contributed by atoms with Crippen molar-refractivity contribution in [3.8, 4) is 0 Å². The lowest BCUT2D eigenvalue weighted by atomic mass is 10.2. The molecule has 2 rings (SSSR count). The number of carbonyl (C=O) groups excluding carboxylic acids is 1. The van der Waals surface area contributed by atoms with E-state index in [0.29, 0.717) is 11.5 Å². The Morgan fingerprint density at radius 2 is 1.86 bits per heavy atom. The maximum atomic E-state index is 12.4. The largest absolute Gasteiger partial charge is 0.353 e. The van der Waals surface area contributed by atoms with Gasteiger partial charge in [-0.15, -0.1) is 0 Å². The highest BCUT2D eigenvalue weighted by atomic mass is 16.2. The maximum Gasteiger partial charge on any atom is 0.257 e. The molecule has 0 bridgehead atoms. The molecule has 122 valence electrons. The third kappa shape index (κ3) is 4.64. The van der Waals surface area contributed by atoms with Gasteiger partial charge in [0.15, 0.2) is 0 Å². The van der Waals surface area contributed by atoms with Crippen molar-refractivity contribution in [2.24, 2.45) is 0 Å². The van der Waals surface area contributed by atoms with Crippen molar-refractivity contribution in [3.63, 3.8) is 0 Å². The van der Waals surface area contributed by atoms with Crippen molar-refractivity contribution in [2.75, 3.05) is 65.2 Å². The van der Waals surface area contributed by atoms with E-state index in [9.17, 15) is 4.79 Å². The van der Waals surface area contributed by atoms with Crippen molar-refractivity contribution in [2.45, 2.75) is 6.92 Å². The molecule has 0 aliphatic carbocycles. The molecule has 1 aliphatic heterocycles. The zero-order valence-electron chi connectivity index (χ0n) is 13.7. The fourth-order valence-corrected chi connectivity index (χ4v) is 2.37. The monoisotopic (exact) mass is 306 g/mol. The van der Waals surface area contributed by atoms with E-state index < -0.39 is 0 Å². The molecule has 0 radical (unpaired) electrons. The summed E-state index contributed by atoms with van der Waals surface area (Å²) in [5.74, 6) is 0.588. The summed E-state index contributed by atoms with van der Waals surface area (Å²) >= 11 is 0. The van der Waals surface area contributed by atoms with Crippen molar-refractivity contribution in [1.29, 1.82) is 0 Å². The number of rotatable bonds is 6. The molecule has 22 heavy (non-hydrogen) atoms. The quantitative estimate of drug-likeness (QED) is 0.811. The topological polar surface area (TPSA) is 64.6 Å². The molecule has 1 aliphatic rings. The van der Waals surface area contributed by atoms with Crippen LogP contribution in [0.3, 0.4) is 0 Å². The van der Waals surface area contributed by atoms with Crippen LogP contribution in [-0.2, 0) is 0 Å². The minimum absolute atomic E-state index is 0.0237. The highest BCUT2D eigenvalue weighted by Gasteiger charge is 2.21. The Labute approximate surface area is 132 Å². The Hall–Kier alpha value is -1.73. The molecule has 0 spiro atoms. The number of hydrogen-bond donors (Lipinski definition) is 1. The summed E-state index contributed by atoms with van der Waals surface area (Å²) in [7, 11) is 4.03. The molecule has 1 fully saturated rings. The Balaban J connectivity index is 1.86. The number of aromatic nitrogens is 2. The van der Waals surface area contributed by atoms with E-state index in [1.807, 2.05) is 19.0 Å². The fourth-order valence-electron chi connectivity index (χ4n) is 2.37. The predicted molar refractivity (Wildman–Crippen MR) is 87.1 cm³/mol. The highest BCUT2D eigenvalue weighted by Crippen LogP contribution is 2.08. The van der Waals surface area contributed by atoms with Gasteiger partial charge in [-0.3, -0.25) is 4.79 Å². The van der Waals surface area contributed by atoms with Crippen molar-refractivity contribution < 1.29 is 4.79 Å². The minimum Gasteiger partial charge on any atom is -0.353 e. The van der Waals surface area contributed by atoms with Gasteiger partial charge in [-0.25, -0.2) is 9.97 Å². The number of hydrogen-bond acceptors (Lipinski definition) is 6. The van der Waals surface area contributed by atoms with E-state index in [-0.39, 0.29) is 5.91 Å². The van der Waals surface area contributed by atoms with Gasteiger partial charge in [-0.1, -0.05) is 6.92 Å². The molecule has 1 aromatic heterocycles. The number of amides is 1. The molecular formula is C15H26N6O. The zero-order valence-corrected chi connectivity index (χ0v) is 13.7. The summed E-state index contributed by atoms with van der Waals surface area (Å²) in [6.45, 7) is 8.29. The Morgan fingerprint density at radius 1 is 1.23 bits per heavy atom. The second-order valence-corrected chi connectivity index (χ2v) is 5.75. The molecule has 1 N–H and O–H groups in total. The van der Waals surface area contributed by atoms with Gasteiger partial charge in [0.05, 0.1) is 5.56 Å². The van der Waals surface area contributed by atoms with Gasteiger partial charge in [0, 0.05) is 51.7 Å². The van der Waals surface area contributed by atoms with Crippen molar-refractivity contribution in [1.82, 2.24) is 24.7 Å². The van der Waals surface area contributed by atoms with E-state index in [0.717, 1.165) is 45.8 Å². The van der Waals surface area contributed by atoms with Gasteiger partial charge < -0.3 is 20.0 Å². The molecule has 1 saturated heterocycles. The van der Waals surface area contributed by atoms with Gasteiger partial charge in [-0.05, 0) is 20.6 Å². The molecule has 2 heterocycles. The van der Waals surface area contributed by atoms with Crippen LogP contribution < -0.4 is 5.32 Å². The number of piperazine rings is 1. The van der Waals surface area contributed by atoms with Crippen LogP contribution in [0.25, 0.3) is 0 Å². The number of nitrogens with zero attached hydrogens (tertiary/aromatic N) is 5. The molecule has 0 atom stereocenters. The average Bonchev–Trinajstić information content (AvgIpc) is 2.54. The van der Waals surface area contributed by atoms with Crippen molar-refractivity contribution >= 4 is 11.9 Å². The van der Waals surface area contributed by atoms with Crippen LogP contribution >= 0.6 is 0 Å². The zero-order chi connectivity index (χ0) is 15.9. The fraction of sp³-hybridized carbons (Fsp3) is 0.667. The predicted octanol–water partition coefficient (Wildman–Crippen LogP) is 0.228. The Kier molecular flexibility index (Phi) is 6.09.